The average Bonchev–Trinajstić information content (AvgIpc) is 2.78. The lowest BCUT2D eigenvalue weighted by atomic mass is 9.84. The number of halogens is 1. The Morgan fingerprint density at radius 2 is 1.73 bits per heavy atom. The molecule has 1 atom stereocenters. The van der Waals surface area contributed by atoms with Gasteiger partial charge in [0.25, 0.3) is 5.91 Å². The summed E-state index contributed by atoms with van der Waals surface area (Å²) in [5, 5.41) is 5.41. The molecular weight excluding hydrogens is 396 g/mol. The van der Waals surface area contributed by atoms with Crippen molar-refractivity contribution in [2.75, 3.05) is 19.6 Å². The van der Waals surface area contributed by atoms with E-state index in [1.54, 1.807) is 0 Å². The van der Waals surface area contributed by atoms with E-state index in [2.05, 4.69) is 22.3 Å². The highest BCUT2D eigenvalue weighted by atomic mass is 35.5. The maximum absolute atomic E-state index is 12.9. The van der Waals surface area contributed by atoms with Crippen LogP contribution < -0.4 is 10.1 Å². The van der Waals surface area contributed by atoms with Crippen molar-refractivity contribution in [3.63, 3.8) is 0 Å². The maximum Gasteiger partial charge on any atom is 0.251 e. The first-order valence-electron chi connectivity index (χ1n) is 10.5. The number of rotatable bonds is 5. The number of hydrogen-bond donors (Lipinski definition) is 1. The minimum absolute atomic E-state index is 0. The molecule has 3 aliphatic heterocycles. The molecule has 3 heterocycles. The average molecular weight is 423 g/mol. The van der Waals surface area contributed by atoms with Gasteiger partial charge in [0.15, 0.2) is 0 Å². The SMILES string of the molecule is Cl.O=C(N[C@H]1CN2CCC1CC2)c1ccc2ccc(OCc3ccccc3)cc2c1. The smallest absolute Gasteiger partial charge is 0.251 e. The van der Waals surface area contributed by atoms with Crippen LogP contribution in [-0.4, -0.2) is 36.5 Å². The Balaban J connectivity index is 0.00000218. The van der Waals surface area contributed by atoms with Crippen LogP contribution in [0.4, 0.5) is 0 Å². The van der Waals surface area contributed by atoms with Crippen LogP contribution in [-0.2, 0) is 6.61 Å². The number of nitrogens with one attached hydrogen (secondary N) is 1. The molecule has 0 aromatic heterocycles. The Morgan fingerprint density at radius 3 is 2.47 bits per heavy atom. The predicted molar refractivity (Wildman–Crippen MR) is 122 cm³/mol. The summed E-state index contributed by atoms with van der Waals surface area (Å²) in [5.74, 6) is 1.47. The van der Waals surface area contributed by atoms with Crippen molar-refractivity contribution in [2.45, 2.75) is 25.5 Å². The Bertz CT molecular complexity index is 1020. The van der Waals surface area contributed by atoms with Crippen LogP contribution in [0.15, 0.2) is 66.7 Å². The molecule has 1 N–H and O–H groups in total. The molecule has 3 fully saturated rings. The van der Waals surface area contributed by atoms with Gasteiger partial charge in [-0.3, -0.25) is 4.79 Å². The van der Waals surface area contributed by atoms with E-state index in [0.29, 0.717) is 18.1 Å². The molecule has 5 heteroatoms. The van der Waals surface area contributed by atoms with Gasteiger partial charge in [-0.2, -0.15) is 0 Å². The Kier molecular flexibility index (Phi) is 6.26. The topological polar surface area (TPSA) is 41.6 Å². The fraction of sp³-hybridized carbons (Fsp3) is 0.320. The summed E-state index contributed by atoms with van der Waals surface area (Å²) < 4.78 is 5.95. The number of piperidine rings is 3. The van der Waals surface area contributed by atoms with Crippen molar-refractivity contribution in [1.82, 2.24) is 10.2 Å². The first-order valence-corrected chi connectivity index (χ1v) is 10.5. The molecule has 0 radical (unpaired) electrons. The normalized spacial score (nSPS) is 22.3. The van der Waals surface area contributed by atoms with Gasteiger partial charge in [0.1, 0.15) is 12.4 Å². The molecule has 3 aromatic rings. The van der Waals surface area contributed by atoms with Gasteiger partial charge in [-0.25, -0.2) is 0 Å². The standard InChI is InChI=1S/C25H26N2O2.ClH/c28-25(26-24-16-27-12-10-20(24)11-13-27)21-7-6-19-8-9-23(15-22(19)14-21)29-17-18-4-2-1-3-5-18;/h1-9,14-15,20,24H,10-13,16-17H2,(H,26,28);1H/t24-;/m0./s1. The number of benzene rings is 3. The number of hydrogen-bond acceptors (Lipinski definition) is 3. The van der Waals surface area contributed by atoms with E-state index in [-0.39, 0.29) is 24.4 Å². The van der Waals surface area contributed by atoms with E-state index in [4.69, 9.17) is 4.74 Å². The van der Waals surface area contributed by atoms with Crippen LogP contribution in [0.25, 0.3) is 10.8 Å². The van der Waals surface area contributed by atoms with Crippen LogP contribution >= 0.6 is 12.4 Å². The van der Waals surface area contributed by atoms with E-state index < -0.39 is 0 Å². The summed E-state index contributed by atoms with van der Waals surface area (Å²) in [6.45, 7) is 3.88. The summed E-state index contributed by atoms with van der Waals surface area (Å²) in [5.41, 5.74) is 1.85. The first-order chi connectivity index (χ1) is 14.2. The van der Waals surface area contributed by atoms with Crippen LogP contribution in [0.1, 0.15) is 28.8 Å². The Hall–Kier alpha value is -2.56. The molecular formula is C25H27ClN2O2. The predicted octanol–water partition coefficient (Wildman–Crippen LogP) is 4.66. The zero-order valence-corrected chi connectivity index (χ0v) is 17.7. The van der Waals surface area contributed by atoms with Gasteiger partial charge in [-0.15, -0.1) is 12.4 Å². The highest BCUT2D eigenvalue weighted by Crippen LogP contribution is 2.28. The highest BCUT2D eigenvalue weighted by Gasteiger charge is 2.34. The van der Waals surface area contributed by atoms with Crippen molar-refractivity contribution < 1.29 is 9.53 Å². The van der Waals surface area contributed by atoms with E-state index in [0.717, 1.165) is 28.6 Å². The second-order valence-corrected chi connectivity index (χ2v) is 8.22. The molecule has 6 rings (SSSR count). The lowest BCUT2D eigenvalue weighted by Gasteiger charge is -2.44. The quantitative estimate of drug-likeness (QED) is 0.649. The van der Waals surface area contributed by atoms with Crippen molar-refractivity contribution in [2.24, 2.45) is 5.92 Å². The lowest BCUT2D eigenvalue weighted by molar-refractivity contribution is 0.0620. The molecule has 4 nitrogen and oxygen atoms in total. The van der Waals surface area contributed by atoms with E-state index in [9.17, 15) is 4.79 Å². The maximum atomic E-state index is 12.9. The molecule has 156 valence electrons. The molecule has 0 saturated carbocycles. The summed E-state index contributed by atoms with van der Waals surface area (Å²) in [6.07, 6.45) is 2.40. The summed E-state index contributed by atoms with van der Waals surface area (Å²) >= 11 is 0. The molecule has 3 saturated heterocycles. The molecule has 0 spiro atoms. The van der Waals surface area contributed by atoms with Gasteiger partial charge < -0.3 is 15.0 Å². The Morgan fingerprint density at radius 1 is 0.967 bits per heavy atom. The summed E-state index contributed by atoms with van der Waals surface area (Å²) in [6, 6.07) is 22.4. The summed E-state index contributed by atoms with van der Waals surface area (Å²) in [4.78, 5) is 15.3. The van der Waals surface area contributed by atoms with Crippen molar-refractivity contribution in [3.05, 3.63) is 77.9 Å². The van der Waals surface area contributed by atoms with Gasteiger partial charge in [0, 0.05) is 18.2 Å². The third kappa shape index (κ3) is 4.45. The van der Waals surface area contributed by atoms with Crippen LogP contribution in [0.3, 0.4) is 0 Å². The third-order valence-corrected chi connectivity index (χ3v) is 6.29. The first kappa shape index (κ1) is 20.7. The van der Waals surface area contributed by atoms with Crippen LogP contribution in [0.2, 0.25) is 0 Å². The Labute approximate surface area is 183 Å². The number of fused-ring (bicyclic) bond motifs is 4. The van der Waals surface area contributed by atoms with Crippen molar-refractivity contribution in [3.8, 4) is 5.75 Å². The second kappa shape index (κ2) is 9.07. The third-order valence-electron chi connectivity index (χ3n) is 6.29. The molecule has 2 bridgehead atoms. The van der Waals surface area contributed by atoms with E-state index >= 15 is 0 Å². The highest BCUT2D eigenvalue weighted by molar-refractivity contribution is 5.99. The van der Waals surface area contributed by atoms with Gasteiger partial charge in [0.2, 0.25) is 0 Å². The number of amides is 1. The van der Waals surface area contributed by atoms with Crippen molar-refractivity contribution >= 4 is 29.1 Å². The van der Waals surface area contributed by atoms with Gasteiger partial charge in [0.05, 0.1) is 0 Å². The zero-order valence-electron chi connectivity index (χ0n) is 16.9. The molecule has 3 aromatic carbocycles. The van der Waals surface area contributed by atoms with Crippen LogP contribution in [0, 0.1) is 5.92 Å². The number of ether oxygens (including phenoxy) is 1. The zero-order chi connectivity index (χ0) is 19.6. The second-order valence-electron chi connectivity index (χ2n) is 8.22. The minimum atomic E-state index is 0. The molecule has 3 aliphatic rings. The van der Waals surface area contributed by atoms with E-state index in [1.807, 2.05) is 54.6 Å². The molecule has 0 aliphatic carbocycles. The number of nitrogens with zero attached hydrogens (tertiary/aromatic N) is 1. The minimum Gasteiger partial charge on any atom is -0.489 e. The molecule has 1 amide bonds. The number of carbonyl (C=O) groups is 1. The fourth-order valence-electron chi connectivity index (χ4n) is 4.58. The lowest BCUT2D eigenvalue weighted by Crippen LogP contribution is -2.57. The fourth-order valence-corrected chi connectivity index (χ4v) is 4.58. The molecule has 0 unspecified atom stereocenters. The molecule has 30 heavy (non-hydrogen) atoms. The van der Waals surface area contributed by atoms with E-state index in [1.165, 1.54) is 25.9 Å². The monoisotopic (exact) mass is 422 g/mol. The summed E-state index contributed by atoms with van der Waals surface area (Å²) in [7, 11) is 0. The van der Waals surface area contributed by atoms with Crippen LogP contribution in [0.5, 0.6) is 5.75 Å². The van der Waals surface area contributed by atoms with Crippen molar-refractivity contribution in [1.29, 1.82) is 0 Å². The number of carbonyl (C=O) groups excluding carboxylic acids is 1. The van der Waals surface area contributed by atoms with Gasteiger partial charge in [-0.05, 0) is 72.5 Å². The van der Waals surface area contributed by atoms with Gasteiger partial charge >= 0.3 is 0 Å². The van der Waals surface area contributed by atoms with Gasteiger partial charge in [-0.1, -0.05) is 42.5 Å². The largest absolute Gasteiger partial charge is 0.489 e.